The Morgan fingerprint density at radius 3 is 2.05 bits per heavy atom. The number of carbonyl (C=O) groups is 2. The van der Waals surface area contributed by atoms with Gasteiger partial charge in [-0.05, 0) is 0 Å². The Balaban J connectivity index is 4.21. The summed E-state index contributed by atoms with van der Waals surface area (Å²) in [6, 6.07) is 0. The largest absolute Gasteiger partial charge is 0.477 e. The Hall–Kier alpha value is -1.45. The molecular weight excluding hydrogens is 293 g/mol. The summed E-state index contributed by atoms with van der Waals surface area (Å²) in [5.41, 5.74) is 0. The fourth-order valence-electron chi connectivity index (χ4n) is 1.31. The number of carbonyl (C=O) groups excluding carboxylic acids is 1. The van der Waals surface area contributed by atoms with E-state index in [4.69, 9.17) is 5.11 Å². The molecule has 0 aliphatic rings. The van der Waals surface area contributed by atoms with E-state index in [1.54, 1.807) is 0 Å². The number of halogens is 5. The van der Waals surface area contributed by atoms with Gasteiger partial charge in [-0.2, -0.15) is 22.0 Å². The lowest BCUT2D eigenvalue weighted by Gasteiger charge is -2.27. The highest BCUT2D eigenvalue weighted by Crippen LogP contribution is 2.36. The summed E-state index contributed by atoms with van der Waals surface area (Å²) in [5, 5.41) is 8.56. The van der Waals surface area contributed by atoms with Crippen LogP contribution in [0.3, 0.4) is 0 Å². The number of hydrogen-bond acceptors (Lipinski definition) is 3. The lowest BCUT2D eigenvalue weighted by Crippen LogP contribution is -2.46. The summed E-state index contributed by atoms with van der Waals surface area (Å²) in [5.74, 6) is -9.29. The van der Waals surface area contributed by atoms with Crippen molar-refractivity contribution in [3.63, 3.8) is 0 Å². The summed E-state index contributed by atoms with van der Waals surface area (Å²) in [6.07, 6.45) is -6.04. The van der Waals surface area contributed by atoms with Crippen LogP contribution >= 0.6 is 0 Å². The standard InChI is InChI=1S/C10H14F5NO4/c1-16(2,6-7(17)18)4-3-5-20-8(19)9(11,12)10(13,14)15/h3-6H2,1-2H3/p+1. The third-order valence-corrected chi connectivity index (χ3v) is 2.32. The molecule has 0 aromatic rings. The van der Waals surface area contributed by atoms with Crippen molar-refractivity contribution in [3.8, 4) is 0 Å². The topological polar surface area (TPSA) is 63.6 Å². The number of hydrogen-bond donors (Lipinski definition) is 1. The second-order valence-electron chi connectivity index (χ2n) is 4.77. The van der Waals surface area contributed by atoms with Crippen molar-refractivity contribution in [2.45, 2.75) is 18.5 Å². The lowest BCUT2D eigenvalue weighted by molar-refractivity contribution is -0.883. The number of quaternary nitrogens is 1. The quantitative estimate of drug-likeness (QED) is 0.333. The Kier molecular flexibility index (Phi) is 5.87. The number of nitrogens with zero attached hydrogens (tertiary/aromatic N) is 1. The second kappa shape index (κ2) is 6.33. The van der Waals surface area contributed by atoms with E-state index in [2.05, 4.69) is 4.74 Å². The van der Waals surface area contributed by atoms with Crippen LogP contribution in [0.2, 0.25) is 0 Å². The summed E-state index contributed by atoms with van der Waals surface area (Å²) >= 11 is 0. The predicted molar refractivity (Wildman–Crippen MR) is 56.1 cm³/mol. The van der Waals surface area contributed by atoms with Crippen LogP contribution in [0.15, 0.2) is 0 Å². The molecule has 0 aromatic carbocycles. The number of rotatable bonds is 7. The van der Waals surface area contributed by atoms with Crippen molar-refractivity contribution < 1.29 is 45.9 Å². The van der Waals surface area contributed by atoms with E-state index in [-0.39, 0.29) is 24.0 Å². The molecule has 5 nitrogen and oxygen atoms in total. The van der Waals surface area contributed by atoms with Crippen molar-refractivity contribution in [3.05, 3.63) is 0 Å². The van der Waals surface area contributed by atoms with Crippen LogP contribution in [0.1, 0.15) is 6.42 Å². The zero-order chi connectivity index (χ0) is 16.2. The smallest absolute Gasteiger partial charge is 0.465 e. The van der Waals surface area contributed by atoms with E-state index < -0.39 is 30.6 Å². The van der Waals surface area contributed by atoms with Gasteiger partial charge in [0, 0.05) is 6.42 Å². The molecule has 0 radical (unpaired) electrons. The van der Waals surface area contributed by atoms with E-state index >= 15 is 0 Å². The van der Waals surface area contributed by atoms with Crippen LogP contribution in [0.25, 0.3) is 0 Å². The number of aliphatic carboxylic acids is 1. The van der Waals surface area contributed by atoms with Gasteiger partial charge in [0.05, 0.1) is 27.2 Å². The lowest BCUT2D eigenvalue weighted by atomic mass is 10.3. The molecule has 0 fully saturated rings. The molecule has 0 rings (SSSR count). The second-order valence-corrected chi connectivity index (χ2v) is 4.77. The summed E-state index contributed by atoms with van der Waals surface area (Å²) in [7, 11) is 3.06. The SMILES string of the molecule is C[N+](C)(CCCOC(=O)C(F)(F)C(F)(F)F)CC(=O)O. The Morgan fingerprint density at radius 2 is 1.65 bits per heavy atom. The minimum atomic E-state index is -6.00. The van der Waals surface area contributed by atoms with Gasteiger partial charge in [-0.25, -0.2) is 9.59 Å². The number of alkyl halides is 5. The number of carboxylic acids is 1. The maximum Gasteiger partial charge on any atom is 0.465 e. The van der Waals surface area contributed by atoms with Gasteiger partial charge in [0.15, 0.2) is 6.54 Å². The molecule has 118 valence electrons. The summed E-state index contributed by atoms with van der Waals surface area (Å²) in [6.45, 7) is -0.768. The first-order valence-electron chi connectivity index (χ1n) is 5.45. The summed E-state index contributed by atoms with van der Waals surface area (Å²) < 4.78 is 64.2. The van der Waals surface area contributed by atoms with Crippen molar-refractivity contribution in [1.29, 1.82) is 0 Å². The molecule has 0 unspecified atom stereocenters. The van der Waals surface area contributed by atoms with Crippen LogP contribution in [0.5, 0.6) is 0 Å². The first-order chi connectivity index (χ1) is 8.79. The number of esters is 1. The molecule has 0 amide bonds. The predicted octanol–water partition coefficient (Wildman–Crippen LogP) is 1.28. The van der Waals surface area contributed by atoms with Crippen LogP contribution in [0.4, 0.5) is 22.0 Å². The number of carboxylic acid groups (broad SMARTS) is 1. The molecule has 0 heterocycles. The monoisotopic (exact) mass is 308 g/mol. The summed E-state index contributed by atoms with van der Waals surface area (Å²) in [4.78, 5) is 21.1. The average molecular weight is 308 g/mol. The van der Waals surface area contributed by atoms with Crippen molar-refractivity contribution in [1.82, 2.24) is 0 Å². The maximum absolute atomic E-state index is 12.5. The zero-order valence-corrected chi connectivity index (χ0v) is 10.8. The Labute approximate surface area is 111 Å². The van der Waals surface area contributed by atoms with Crippen LogP contribution in [0, 0.1) is 0 Å². The van der Waals surface area contributed by atoms with Gasteiger partial charge < -0.3 is 14.3 Å². The molecule has 0 spiro atoms. The van der Waals surface area contributed by atoms with Crippen molar-refractivity contribution >= 4 is 11.9 Å². The van der Waals surface area contributed by atoms with Gasteiger partial charge in [0.1, 0.15) is 0 Å². The fraction of sp³-hybridized carbons (Fsp3) is 0.800. The highest BCUT2D eigenvalue weighted by Gasteiger charge is 2.64. The van der Waals surface area contributed by atoms with E-state index in [0.717, 1.165) is 0 Å². The van der Waals surface area contributed by atoms with Gasteiger partial charge >= 0.3 is 24.0 Å². The Morgan fingerprint density at radius 1 is 1.15 bits per heavy atom. The van der Waals surface area contributed by atoms with Gasteiger partial charge in [-0.15, -0.1) is 0 Å². The molecule has 0 bridgehead atoms. The number of ether oxygens (including phenoxy) is 1. The van der Waals surface area contributed by atoms with E-state index in [1.165, 1.54) is 14.1 Å². The van der Waals surface area contributed by atoms with E-state index in [1.807, 2.05) is 0 Å². The molecule has 20 heavy (non-hydrogen) atoms. The minimum absolute atomic E-state index is 0.0253. The van der Waals surface area contributed by atoms with Crippen LogP contribution in [-0.2, 0) is 14.3 Å². The van der Waals surface area contributed by atoms with Crippen LogP contribution < -0.4 is 0 Å². The molecule has 1 N–H and O–H groups in total. The number of likely N-dealkylation sites (N-methyl/N-ethyl adjacent to an activating group) is 1. The highest BCUT2D eigenvalue weighted by molar-refractivity contribution is 5.78. The minimum Gasteiger partial charge on any atom is -0.477 e. The Bertz CT molecular complexity index is 367. The van der Waals surface area contributed by atoms with Crippen molar-refractivity contribution in [2.75, 3.05) is 33.8 Å². The molecule has 0 aliphatic heterocycles. The zero-order valence-electron chi connectivity index (χ0n) is 10.8. The van der Waals surface area contributed by atoms with Crippen LogP contribution in [-0.4, -0.2) is 67.4 Å². The molecule has 0 aromatic heterocycles. The first kappa shape index (κ1) is 18.6. The van der Waals surface area contributed by atoms with Gasteiger partial charge in [0.2, 0.25) is 0 Å². The third-order valence-electron chi connectivity index (χ3n) is 2.32. The molecular formula is C10H15F5NO4+. The normalized spacial score (nSPS) is 13.2. The molecule has 0 saturated heterocycles. The molecule has 0 atom stereocenters. The fourth-order valence-corrected chi connectivity index (χ4v) is 1.31. The van der Waals surface area contributed by atoms with Crippen molar-refractivity contribution in [2.24, 2.45) is 0 Å². The van der Waals surface area contributed by atoms with E-state index in [0.29, 0.717) is 0 Å². The maximum atomic E-state index is 12.5. The molecule has 10 heteroatoms. The average Bonchev–Trinajstić information content (AvgIpc) is 2.20. The van der Waals surface area contributed by atoms with Gasteiger partial charge in [-0.1, -0.05) is 0 Å². The van der Waals surface area contributed by atoms with E-state index in [9.17, 15) is 31.5 Å². The third kappa shape index (κ3) is 5.68. The molecule has 0 saturated carbocycles. The highest BCUT2D eigenvalue weighted by atomic mass is 19.4. The molecule has 0 aliphatic carbocycles. The van der Waals surface area contributed by atoms with Gasteiger partial charge in [0.25, 0.3) is 0 Å². The first-order valence-corrected chi connectivity index (χ1v) is 5.45. The van der Waals surface area contributed by atoms with Gasteiger partial charge in [-0.3, -0.25) is 0 Å².